The molecule has 1 aliphatic carbocycles. The minimum Gasteiger partial charge on any atom is -0.480 e. The van der Waals surface area contributed by atoms with Gasteiger partial charge in [0.15, 0.2) is 0 Å². The third-order valence-electron chi connectivity index (χ3n) is 2.99. The van der Waals surface area contributed by atoms with Crippen LogP contribution in [0, 0.1) is 6.92 Å². The zero-order valence-corrected chi connectivity index (χ0v) is 11.3. The lowest BCUT2D eigenvalue weighted by Crippen LogP contribution is -2.40. The molecule has 0 spiro atoms. The number of rotatable bonds is 4. The Morgan fingerprint density at radius 2 is 2.16 bits per heavy atom. The minimum atomic E-state index is -1.02. The number of benzene rings is 1. The summed E-state index contributed by atoms with van der Waals surface area (Å²) in [5.74, 6) is -1.02. The van der Waals surface area contributed by atoms with E-state index < -0.39 is 12.0 Å². The van der Waals surface area contributed by atoms with Gasteiger partial charge in [-0.25, -0.2) is 4.79 Å². The van der Waals surface area contributed by atoms with Gasteiger partial charge in [-0.2, -0.15) is 0 Å². The normalized spacial score (nSPS) is 14.0. The largest absolute Gasteiger partial charge is 0.480 e. The van der Waals surface area contributed by atoms with Gasteiger partial charge in [-0.3, -0.25) is 4.79 Å². The van der Waals surface area contributed by atoms with Gasteiger partial charge < -0.3 is 15.3 Å². The van der Waals surface area contributed by atoms with Crippen molar-refractivity contribution in [2.45, 2.75) is 25.8 Å². The molecule has 1 aliphatic rings. The van der Waals surface area contributed by atoms with Crippen molar-refractivity contribution in [3.63, 3.8) is 0 Å². The summed E-state index contributed by atoms with van der Waals surface area (Å²) in [7, 11) is 0. The zero-order valence-electron chi connectivity index (χ0n) is 10.5. The minimum absolute atomic E-state index is 0.0275. The number of nitrogens with one attached hydrogen (secondary N) is 1. The van der Waals surface area contributed by atoms with Crippen molar-refractivity contribution in [2.75, 3.05) is 11.9 Å². The molecule has 19 heavy (non-hydrogen) atoms. The number of halogens is 1. The van der Waals surface area contributed by atoms with Gasteiger partial charge in [-0.05, 0) is 31.4 Å². The molecule has 102 valence electrons. The maximum Gasteiger partial charge on any atom is 0.323 e. The van der Waals surface area contributed by atoms with E-state index in [1.165, 1.54) is 4.90 Å². The number of aryl methyl sites for hydroxylation is 1. The maximum absolute atomic E-state index is 12.1. The van der Waals surface area contributed by atoms with Crippen LogP contribution in [0.25, 0.3) is 0 Å². The van der Waals surface area contributed by atoms with Crippen molar-refractivity contribution in [1.29, 1.82) is 0 Å². The second kappa shape index (κ2) is 5.48. The monoisotopic (exact) mass is 282 g/mol. The van der Waals surface area contributed by atoms with E-state index in [0.29, 0.717) is 10.7 Å². The standard InChI is InChI=1S/C13H15ClN2O3/c1-8-3-2-4-10(12(8)14)15-13(19)16(7-11(17)18)9-5-6-9/h2-4,9H,5-7H2,1H3,(H,15,19)(H,17,18). The molecule has 0 heterocycles. The predicted octanol–water partition coefficient (Wildman–Crippen LogP) is 2.73. The first-order valence-corrected chi connectivity index (χ1v) is 6.41. The number of carboxylic acid groups (broad SMARTS) is 1. The molecule has 2 N–H and O–H groups in total. The summed E-state index contributed by atoms with van der Waals surface area (Å²) >= 11 is 6.09. The lowest BCUT2D eigenvalue weighted by Gasteiger charge is -2.21. The highest BCUT2D eigenvalue weighted by Crippen LogP contribution is 2.29. The molecular formula is C13H15ClN2O3. The summed E-state index contributed by atoms with van der Waals surface area (Å²) in [6.07, 6.45) is 1.70. The number of carboxylic acids is 1. The molecule has 0 aromatic heterocycles. The molecular weight excluding hydrogens is 268 g/mol. The quantitative estimate of drug-likeness (QED) is 0.892. The van der Waals surface area contributed by atoms with E-state index in [-0.39, 0.29) is 12.6 Å². The third-order valence-corrected chi connectivity index (χ3v) is 3.49. The van der Waals surface area contributed by atoms with Gasteiger partial charge in [0, 0.05) is 6.04 Å². The highest BCUT2D eigenvalue weighted by Gasteiger charge is 2.34. The fourth-order valence-corrected chi connectivity index (χ4v) is 2.00. The van der Waals surface area contributed by atoms with E-state index in [4.69, 9.17) is 16.7 Å². The molecule has 1 aromatic rings. The van der Waals surface area contributed by atoms with Gasteiger partial charge in [0.2, 0.25) is 0 Å². The van der Waals surface area contributed by atoms with Crippen molar-refractivity contribution in [3.05, 3.63) is 28.8 Å². The molecule has 0 bridgehead atoms. The number of aliphatic carboxylic acids is 1. The highest BCUT2D eigenvalue weighted by molar-refractivity contribution is 6.34. The summed E-state index contributed by atoms with van der Waals surface area (Å²) in [4.78, 5) is 24.2. The molecule has 0 saturated heterocycles. The average molecular weight is 283 g/mol. The van der Waals surface area contributed by atoms with Crippen LogP contribution in [0.3, 0.4) is 0 Å². The van der Waals surface area contributed by atoms with Gasteiger partial charge in [-0.15, -0.1) is 0 Å². The van der Waals surface area contributed by atoms with Gasteiger partial charge in [0.25, 0.3) is 0 Å². The van der Waals surface area contributed by atoms with Crippen LogP contribution in [0.15, 0.2) is 18.2 Å². The number of hydrogen-bond donors (Lipinski definition) is 2. The highest BCUT2D eigenvalue weighted by atomic mass is 35.5. The van der Waals surface area contributed by atoms with Crippen LogP contribution in [-0.2, 0) is 4.79 Å². The first-order chi connectivity index (χ1) is 8.99. The van der Waals surface area contributed by atoms with E-state index in [0.717, 1.165) is 18.4 Å². The van der Waals surface area contributed by atoms with Gasteiger partial charge in [-0.1, -0.05) is 23.7 Å². The number of hydrogen-bond acceptors (Lipinski definition) is 2. The SMILES string of the molecule is Cc1cccc(NC(=O)N(CC(=O)O)C2CC2)c1Cl. The molecule has 2 rings (SSSR count). The summed E-state index contributed by atoms with van der Waals surface area (Å²) in [5.41, 5.74) is 1.36. The van der Waals surface area contributed by atoms with E-state index in [1.54, 1.807) is 12.1 Å². The van der Waals surface area contributed by atoms with Crippen molar-refractivity contribution < 1.29 is 14.7 Å². The Morgan fingerprint density at radius 1 is 1.47 bits per heavy atom. The molecule has 0 aliphatic heterocycles. The Bertz CT molecular complexity index is 515. The van der Waals surface area contributed by atoms with E-state index >= 15 is 0 Å². The maximum atomic E-state index is 12.1. The number of urea groups is 1. The summed E-state index contributed by atoms with van der Waals surface area (Å²) in [6, 6.07) is 4.93. The molecule has 0 atom stereocenters. The van der Waals surface area contributed by atoms with Crippen LogP contribution in [-0.4, -0.2) is 34.6 Å². The van der Waals surface area contributed by atoms with E-state index in [9.17, 15) is 9.59 Å². The Balaban J connectivity index is 2.10. The fourth-order valence-electron chi connectivity index (χ4n) is 1.83. The molecule has 1 saturated carbocycles. The number of carbonyl (C=O) groups excluding carboxylic acids is 1. The Morgan fingerprint density at radius 3 is 2.74 bits per heavy atom. The lowest BCUT2D eigenvalue weighted by atomic mass is 10.2. The van der Waals surface area contributed by atoms with Crippen LogP contribution in [0.2, 0.25) is 5.02 Å². The van der Waals surface area contributed by atoms with Crippen LogP contribution < -0.4 is 5.32 Å². The molecule has 2 amide bonds. The summed E-state index contributed by atoms with van der Waals surface area (Å²) < 4.78 is 0. The predicted molar refractivity (Wildman–Crippen MR) is 72.6 cm³/mol. The van der Waals surface area contributed by atoms with Gasteiger partial charge in [0.1, 0.15) is 6.54 Å². The molecule has 0 unspecified atom stereocenters. The van der Waals surface area contributed by atoms with Crippen molar-refractivity contribution in [1.82, 2.24) is 4.90 Å². The molecule has 5 nitrogen and oxygen atoms in total. The Labute approximate surface area is 116 Å². The Kier molecular flexibility index (Phi) is 3.95. The number of carbonyl (C=O) groups is 2. The number of anilines is 1. The first kappa shape index (κ1) is 13.7. The summed E-state index contributed by atoms with van der Waals surface area (Å²) in [5, 5.41) is 12.0. The van der Waals surface area contributed by atoms with Crippen LogP contribution in [0.5, 0.6) is 0 Å². The molecule has 0 radical (unpaired) electrons. The van der Waals surface area contributed by atoms with Gasteiger partial charge >= 0.3 is 12.0 Å². The lowest BCUT2D eigenvalue weighted by molar-refractivity contribution is -0.137. The third kappa shape index (κ3) is 3.38. The van der Waals surface area contributed by atoms with E-state index in [1.807, 2.05) is 13.0 Å². The van der Waals surface area contributed by atoms with Crippen molar-refractivity contribution >= 4 is 29.3 Å². The zero-order chi connectivity index (χ0) is 14.0. The Hall–Kier alpha value is -1.75. The average Bonchev–Trinajstić information content (AvgIpc) is 3.16. The van der Waals surface area contributed by atoms with E-state index in [2.05, 4.69) is 5.32 Å². The molecule has 1 aromatic carbocycles. The van der Waals surface area contributed by atoms with Crippen LogP contribution >= 0.6 is 11.6 Å². The van der Waals surface area contributed by atoms with Crippen LogP contribution in [0.4, 0.5) is 10.5 Å². The summed E-state index contributed by atoms with van der Waals surface area (Å²) in [6.45, 7) is 1.55. The van der Waals surface area contributed by atoms with Gasteiger partial charge in [0.05, 0.1) is 10.7 Å². The topological polar surface area (TPSA) is 69.6 Å². The first-order valence-electron chi connectivity index (χ1n) is 6.03. The second-order valence-corrected chi connectivity index (χ2v) is 5.00. The second-order valence-electron chi connectivity index (χ2n) is 4.62. The van der Waals surface area contributed by atoms with Crippen molar-refractivity contribution in [2.24, 2.45) is 0 Å². The number of amides is 2. The molecule has 6 heteroatoms. The smallest absolute Gasteiger partial charge is 0.323 e. The number of nitrogens with zero attached hydrogens (tertiary/aromatic N) is 1. The molecule has 1 fully saturated rings. The van der Waals surface area contributed by atoms with Crippen molar-refractivity contribution in [3.8, 4) is 0 Å². The van der Waals surface area contributed by atoms with Crippen LogP contribution in [0.1, 0.15) is 18.4 Å². The fraction of sp³-hybridized carbons (Fsp3) is 0.385.